The molecule has 0 unspecified atom stereocenters. The average molecular weight is 1130 g/mol. The molecule has 0 atom stereocenters. The van der Waals surface area contributed by atoms with Crippen LogP contribution in [0.3, 0.4) is 0 Å². The maximum absolute atomic E-state index is 10.0. The van der Waals surface area contributed by atoms with Crippen LogP contribution in [0.1, 0.15) is 40.2 Å². The molecule has 359 valence electrons. The van der Waals surface area contributed by atoms with Crippen molar-refractivity contribution in [1.29, 1.82) is 0 Å². The molecule has 12 aromatic rings. The molecule has 2 heterocycles. The number of aliphatic hydroxyl groups excluding tert-OH is 1. The molecule has 0 spiro atoms. The number of fused-ring (bicyclic) bond motifs is 5. The molecule has 0 saturated heterocycles. The van der Waals surface area contributed by atoms with E-state index in [1.165, 1.54) is 90.8 Å². The van der Waals surface area contributed by atoms with E-state index in [0.717, 1.165) is 39.4 Å². The van der Waals surface area contributed by atoms with Gasteiger partial charge in [0.05, 0.1) is 16.8 Å². The van der Waals surface area contributed by atoms with Crippen LogP contribution in [0.15, 0.2) is 236 Å². The SMILES string of the molecule is CC(=O)C=C(C)O.CC(C)(C)c1c[c-]c(-c2nccc3ccccc23)cc1.[Ir].c1ccc(-c2nc3ccccc3n2-c2ccc(-c3c4ccccc4c(-c4ccc5ccccc5c4)c4ccccc34)cc2)cc1. The number of pyridine rings is 1. The van der Waals surface area contributed by atoms with E-state index in [-0.39, 0.29) is 37.1 Å². The summed E-state index contributed by atoms with van der Waals surface area (Å²) in [5.41, 5.74) is 12.8. The van der Waals surface area contributed by atoms with E-state index >= 15 is 0 Å². The van der Waals surface area contributed by atoms with Crippen molar-refractivity contribution in [3.8, 4) is 50.6 Å². The summed E-state index contributed by atoms with van der Waals surface area (Å²) in [6.07, 6.45) is 3.03. The third-order valence-corrected chi connectivity index (χ3v) is 13.0. The van der Waals surface area contributed by atoms with E-state index in [0.29, 0.717) is 0 Å². The third-order valence-electron chi connectivity index (χ3n) is 13.0. The summed E-state index contributed by atoms with van der Waals surface area (Å²) in [4.78, 5) is 19.6. The number of benzene rings is 10. The second-order valence-corrected chi connectivity index (χ2v) is 19.1. The number of nitrogens with zero attached hydrogens (tertiary/aromatic N) is 3. The van der Waals surface area contributed by atoms with Gasteiger partial charge in [0.15, 0.2) is 5.78 Å². The number of carbonyl (C=O) groups is 1. The molecular formula is C67H54IrN3O2-. The Morgan fingerprint density at radius 1 is 0.548 bits per heavy atom. The first kappa shape index (κ1) is 49.7. The molecule has 5 nitrogen and oxygen atoms in total. The Balaban J connectivity index is 0.000000194. The predicted octanol–water partition coefficient (Wildman–Crippen LogP) is 17.5. The van der Waals surface area contributed by atoms with E-state index in [4.69, 9.17) is 10.1 Å². The van der Waals surface area contributed by atoms with Crippen molar-refractivity contribution in [2.45, 2.75) is 40.0 Å². The first-order chi connectivity index (χ1) is 35.0. The van der Waals surface area contributed by atoms with Crippen LogP contribution in [-0.2, 0) is 30.3 Å². The first-order valence-corrected chi connectivity index (χ1v) is 24.3. The van der Waals surface area contributed by atoms with Crippen LogP contribution in [0.5, 0.6) is 0 Å². The van der Waals surface area contributed by atoms with Gasteiger partial charge in [-0.3, -0.25) is 9.36 Å². The molecule has 6 heteroatoms. The van der Waals surface area contributed by atoms with Gasteiger partial charge in [0.2, 0.25) is 0 Å². The number of carbonyl (C=O) groups excluding carboxylic acids is 1. The number of aromatic nitrogens is 3. The largest absolute Gasteiger partial charge is 0.512 e. The topological polar surface area (TPSA) is 68.0 Å². The van der Waals surface area contributed by atoms with Crippen LogP contribution in [0.25, 0.3) is 105 Å². The number of allylic oxidation sites excluding steroid dienone is 2. The second kappa shape index (κ2) is 21.6. The minimum Gasteiger partial charge on any atom is -0.512 e. The maximum atomic E-state index is 10.0. The second-order valence-electron chi connectivity index (χ2n) is 19.1. The Morgan fingerprint density at radius 3 is 1.68 bits per heavy atom. The van der Waals surface area contributed by atoms with Crippen LogP contribution >= 0.6 is 0 Å². The number of rotatable bonds is 6. The smallest absolute Gasteiger partial charge is 0.155 e. The molecule has 0 saturated carbocycles. The van der Waals surface area contributed by atoms with Gasteiger partial charge in [-0.2, -0.15) is 0 Å². The molecule has 0 aliphatic rings. The van der Waals surface area contributed by atoms with Gasteiger partial charge in [0, 0.05) is 43.6 Å². The van der Waals surface area contributed by atoms with Crippen molar-refractivity contribution >= 4 is 59.9 Å². The van der Waals surface area contributed by atoms with Crippen molar-refractivity contribution in [2.75, 3.05) is 0 Å². The Kier molecular flexibility index (Phi) is 14.7. The minimum absolute atomic E-state index is 0. The molecule has 2 aromatic heterocycles. The van der Waals surface area contributed by atoms with Crippen molar-refractivity contribution in [3.05, 3.63) is 248 Å². The van der Waals surface area contributed by atoms with Gasteiger partial charge in [-0.15, -0.1) is 35.4 Å². The van der Waals surface area contributed by atoms with Crippen LogP contribution in [-0.4, -0.2) is 25.4 Å². The third kappa shape index (κ3) is 10.5. The molecular weight excluding hydrogens is 1070 g/mol. The average Bonchev–Trinajstić information content (AvgIpc) is 3.80. The Hall–Kier alpha value is -8.28. The molecule has 0 aliphatic heterocycles. The maximum Gasteiger partial charge on any atom is 0.155 e. The van der Waals surface area contributed by atoms with Gasteiger partial charge in [-0.1, -0.05) is 185 Å². The van der Waals surface area contributed by atoms with Crippen molar-refractivity contribution in [2.24, 2.45) is 0 Å². The van der Waals surface area contributed by atoms with Crippen LogP contribution < -0.4 is 0 Å². The van der Waals surface area contributed by atoms with Gasteiger partial charge in [-0.25, -0.2) is 4.98 Å². The number of para-hydroxylation sites is 2. The van der Waals surface area contributed by atoms with Gasteiger partial charge in [-0.05, 0) is 127 Å². The van der Waals surface area contributed by atoms with Gasteiger partial charge in [0.25, 0.3) is 0 Å². The molecule has 12 rings (SSSR count). The fourth-order valence-corrected chi connectivity index (χ4v) is 9.61. The molecule has 1 radical (unpaired) electrons. The normalized spacial score (nSPS) is 11.4. The van der Waals surface area contributed by atoms with Crippen molar-refractivity contribution in [3.63, 3.8) is 0 Å². The summed E-state index contributed by atoms with van der Waals surface area (Å²) in [7, 11) is 0. The van der Waals surface area contributed by atoms with Gasteiger partial charge in [0.1, 0.15) is 5.82 Å². The summed E-state index contributed by atoms with van der Waals surface area (Å²) in [5.74, 6) is 0.882. The van der Waals surface area contributed by atoms with Gasteiger partial charge < -0.3 is 10.1 Å². The summed E-state index contributed by atoms with van der Waals surface area (Å²) < 4.78 is 2.27. The van der Waals surface area contributed by atoms with E-state index in [2.05, 4.69) is 243 Å². The molecule has 0 bridgehead atoms. The van der Waals surface area contributed by atoms with Crippen LogP contribution in [0, 0.1) is 6.07 Å². The number of hydrogen-bond donors (Lipinski definition) is 1. The van der Waals surface area contributed by atoms with E-state index in [9.17, 15) is 4.79 Å². The Labute approximate surface area is 440 Å². The van der Waals surface area contributed by atoms with E-state index < -0.39 is 0 Å². The Morgan fingerprint density at radius 2 is 1.10 bits per heavy atom. The fraction of sp³-hybridized carbons (Fsp3) is 0.0896. The first-order valence-electron chi connectivity index (χ1n) is 24.3. The monoisotopic (exact) mass is 1130 g/mol. The molecule has 1 N–H and O–H groups in total. The van der Waals surface area contributed by atoms with Crippen LogP contribution in [0.2, 0.25) is 0 Å². The zero-order valence-corrected chi connectivity index (χ0v) is 43.9. The number of ketones is 1. The summed E-state index contributed by atoms with van der Waals surface area (Å²) >= 11 is 0. The van der Waals surface area contributed by atoms with E-state index in [1.807, 2.05) is 18.3 Å². The van der Waals surface area contributed by atoms with Crippen molar-refractivity contribution in [1.82, 2.24) is 14.5 Å². The van der Waals surface area contributed by atoms with Crippen molar-refractivity contribution < 1.29 is 30.0 Å². The van der Waals surface area contributed by atoms with E-state index in [1.54, 1.807) is 0 Å². The molecule has 0 amide bonds. The zero-order valence-electron chi connectivity index (χ0n) is 41.5. The summed E-state index contributed by atoms with van der Waals surface area (Å²) in [5, 5.41) is 18.3. The minimum atomic E-state index is -0.125. The number of imidazole rings is 1. The van der Waals surface area contributed by atoms with Crippen LogP contribution in [0.4, 0.5) is 0 Å². The fourth-order valence-electron chi connectivity index (χ4n) is 9.61. The Bertz CT molecular complexity index is 3880. The molecule has 0 aliphatic carbocycles. The number of aliphatic hydroxyl groups is 1. The summed E-state index contributed by atoms with van der Waals surface area (Å²) in [6.45, 7) is 9.49. The standard InChI is InChI=1S/C43H28N2.C19H18N.C5H8O2.Ir/c1-2-13-31(14-3-1)43-44-39-20-10-11-21-40(39)45(43)34-26-24-30(25-27-34)41-35-16-6-8-18-37(35)42(38-19-9-7-17-36(38)41)33-23-22-29-12-4-5-15-32(29)28-33;1-19(2,3)16-10-8-15(9-11-16)18-17-7-5-4-6-14(17)12-13-20-18;1-4(6)3-5(2)7;/h1-28H;4-8,10-13H,1-3H3;3,6H,1-2H3;/q;-1;;. The molecule has 73 heavy (non-hydrogen) atoms. The zero-order chi connectivity index (χ0) is 49.8. The van der Waals surface area contributed by atoms with Gasteiger partial charge >= 0.3 is 0 Å². The quantitative estimate of drug-likeness (QED) is 0.0780. The predicted molar refractivity (Wildman–Crippen MR) is 302 cm³/mol. The number of hydrogen-bond acceptors (Lipinski definition) is 4. The molecule has 10 aromatic carbocycles. The molecule has 0 fully saturated rings. The summed E-state index contributed by atoms with van der Waals surface area (Å²) in [6, 6.07) is 81.1.